The van der Waals surface area contributed by atoms with E-state index in [1.54, 1.807) is 41.0 Å². The van der Waals surface area contributed by atoms with Crippen LogP contribution in [0.5, 0.6) is 11.5 Å². The lowest BCUT2D eigenvalue weighted by molar-refractivity contribution is -0.385. The quantitative estimate of drug-likeness (QED) is 0.566. The van der Waals surface area contributed by atoms with Crippen molar-refractivity contribution in [3.05, 3.63) is 63.7 Å². The van der Waals surface area contributed by atoms with Crippen LogP contribution >= 0.6 is 0 Å². The summed E-state index contributed by atoms with van der Waals surface area (Å²) in [6.07, 6.45) is -0.720. The van der Waals surface area contributed by atoms with Gasteiger partial charge in [-0.3, -0.25) is 19.7 Å². The van der Waals surface area contributed by atoms with E-state index in [9.17, 15) is 19.7 Å². The number of carbonyl (C=O) groups is 2. The van der Waals surface area contributed by atoms with Gasteiger partial charge >= 0.3 is 0 Å². The van der Waals surface area contributed by atoms with Crippen molar-refractivity contribution in [2.45, 2.75) is 13.0 Å². The molecule has 0 bridgehead atoms. The summed E-state index contributed by atoms with van der Waals surface area (Å²) in [7, 11) is 0. The molecule has 0 radical (unpaired) electrons. The molecule has 2 amide bonds. The number of aryl methyl sites for hydroxylation is 1. The molecule has 0 saturated carbocycles. The highest BCUT2D eigenvalue weighted by Crippen LogP contribution is 2.31. The molecule has 0 spiro atoms. The first kappa shape index (κ1) is 19.7. The highest BCUT2D eigenvalue weighted by atomic mass is 16.6. The van der Waals surface area contributed by atoms with Gasteiger partial charge in [-0.05, 0) is 25.1 Å². The Kier molecular flexibility index (Phi) is 5.26. The molecule has 30 heavy (non-hydrogen) atoms. The van der Waals surface area contributed by atoms with E-state index < -0.39 is 11.0 Å². The zero-order valence-corrected chi connectivity index (χ0v) is 16.4. The third-order valence-electron chi connectivity index (χ3n) is 5.32. The van der Waals surface area contributed by atoms with Crippen molar-refractivity contribution in [2.75, 3.05) is 32.8 Å². The molecule has 1 fully saturated rings. The highest BCUT2D eigenvalue weighted by molar-refractivity contribution is 5.95. The zero-order valence-electron chi connectivity index (χ0n) is 16.4. The summed E-state index contributed by atoms with van der Waals surface area (Å²) in [5.41, 5.74) is 0.695. The lowest BCUT2D eigenvalue weighted by Crippen LogP contribution is -2.55. The second kappa shape index (κ2) is 8.02. The van der Waals surface area contributed by atoms with E-state index in [1.807, 2.05) is 12.1 Å². The van der Waals surface area contributed by atoms with Crippen LogP contribution in [0.15, 0.2) is 42.5 Å². The minimum atomic E-state index is -0.720. The Morgan fingerprint density at radius 1 is 1.03 bits per heavy atom. The molecule has 1 atom stereocenters. The summed E-state index contributed by atoms with van der Waals surface area (Å²) in [6.45, 7) is 3.18. The normalized spacial score (nSPS) is 18.1. The van der Waals surface area contributed by atoms with Crippen molar-refractivity contribution < 1.29 is 24.0 Å². The predicted octanol–water partition coefficient (Wildman–Crippen LogP) is 2.03. The van der Waals surface area contributed by atoms with Crippen molar-refractivity contribution in [2.24, 2.45) is 0 Å². The first-order valence-electron chi connectivity index (χ1n) is 9.65. The fraction of sp³-hybridized carbons (Fsp3) is 0.333. The Bertz CT molecular complexity index is 1000. The second-order valence-corrected chi connectivity index (χ2v) is 7.24. The van der Waals surface area contributed by atoms with Gasteiger partial charge in [-0.1, -0.05) is 18.2 Å². The van der Waals surface area contributed by atoms with Crippen molar-refractivity contribution in [3.8, 4) is 11.5 Å². The average Bonchev–Trinajstić information content (AvgIpc) is 2.78. The molecule has 1 saturated heterocycles. The van der Waals surface area contributed by atoms with Crippen LogP contribution in [0.3, 0.4) is 0 Å². The molecule has 2 aromatic rings. The fourth-order valence-corrected chi connectivity index (χ4v) is 3.60. The first-order chi connectivity index (χ1) is 14.4. The number of piperazine rings is 1. The van der Waals surface area contributed by atoms with Crippen molar-refractivity contribution in [1.29, 1.82) is 0 Å². The topological polar surface area (TPSA) is 102 Å². The standard InChI is InChI=1S/C21H21N3O6/c1-14-6-7-15(12-16(14)24(27)28)20(25)22-8-10-23(11-9-22)21(26)19-13-29-17-4-2-3-5-18(17)30-19/h2-7,12,19H,8-11,13H2,1H3. The van der Waals surface area contributed by atoms with Crippen LogP contribution in [-0.4, -0.2) is 65.4 Å². The maximum Gasteiger partial charge on any atom is 0.273 e. The number of amides is 2. The molecular formula is C21H21N3O6. The lowest BCUT2D eigenvalue weighted by Gasteiger charge is -2.37. The van der Waals surface area contributed by atoms with Gasteiger partial charge in [-0.2, -0.15) is 0 Å². The summed E-state index contributed by atoms with van der Waals surface area (Å²) in [5, 5.41) is 11.1. The van der Waals surface area contributed by atoms with E-state index in [2.05, 4.69) is 0 Å². The van der Waals surface area contributed by atoms with E-state index in [4.69, 9.17) is 9.47 Å². The van der Waals surface area contributed by atoms with E-state index in [-0.39, 0.29) is 29.7 Å². The van der Waals surface area contributed by atoms with Gasteiger partial charge in [0.05, 0.1) is 4.92 Å². The molecule has 0 aliphatic carbocycles. The summed E-state index contributed by atoms with van der Waals surface area (Å²) in [5.74, 6) is 0.694. The van der Waals surface area contributed by atoms with Crippen molar-refractivity contribution in [3.63, 3.8) is 0 Å². The number of ether oxygens (including phenoxy) is 2. The monoisotopic (exact) mass is 411 g/mol. The summed E-state index contributed by atoms with van der Waals surface area (Å²) >= 11 is 0. The second-order valence-electron chi connectivity index (χ2n) is 7.24. The SMILES string of the molecule is Cc1ccc(C(=O)N2CCN(C(=O)C3COc4ccccc4O3)CC2)cc1[N+](=O)[O-]. The third kappa shape index (κ3) is 3.78. The number of benzene rings is 2. The van der Waals surface area contributed by atoms with Crippen LogP contribution in [-0.2, 0) is 4.79 Å². The minimum absolute atomic E-state index is 0.0793. The van der Waals surface area contributed by atoms with Gasteiger partial charge in [0.1, 0.15) is 6.61 Å². The molecule has 0 N–H and O–H groups in total. The maximum atomic E-state index is 12.8. The highest BCUT2D eigenvalue weighted by Gasteiger charge is 2.33. The van der Waals surface area contributed by atoms with Gasteiger partial charge in [0.15, 0.2) is 11.5 Å². The Labute approximate surface area is 172 Å². The molecule has 9 heteroatoms. The zero-order chi connectivity index (χ0) is 21.3. The van der Waals surface area contributed by atoms with Crippen LogP contribution in [0.4, 0.5) is 5.69 Å². The van der Waals surface area contributed by atoms with Gasteiger partial charge in [0.25, 0.3) is 17.5 Å². The van der Waals surface area contributed by atoms with Gasteiger partial charge in [-0.15, -0.1) is 0 Å². The molecule has 2 heterocycles. The number of hydrogen-bond acceptors (Lipinski definition) is 6. The largest absolute Gasteiger partial charge is 0.485 e. The van der Waals surface area contributed by atoms with E-state index in [1.165, 1.54) is 6.07 Å². The number of hydrogen-bond donors (Lipinski definition) is 0. The molecular weight excluding hydrogens is 390 g/mol. The molecule has 0 aromatic heterocycles. The van der Waals surface area contributed by atoms with Gasteiger partial charge < -0.3 is 19.3 Å². The molecule has 1 unspecified atom stereocenters. The lowest BCUT2D eigenvalue weighted by atomic mass is 10.1. The number of carbonyl (C=O) groups excluding carboxylic acids is 2. The molecule has 2 aromatic carbocycles. The summed E-state index contributed by atoms with van der Waals surface area (Å²) in [4.78, 5) is 39.5. The number of nitro benzene ring substituents is 1. The number of nitrogens with zero attached hydrogens (tertiary/aromatic N) is 3. The third-order valence-corrected chi connectivity index (χ3v) is 5.32. The number of para-hydroxylation sites is 2. The molecule has 156 valence electrons. The average molecular weight is 411 g/mol. The number of nitro groups is 1. The minimum Gasteiger partial charge on any atom is -0.485 e. The van der Waals surface area contributed by atoms with Crippen LogP contribution < -0.4 is 9.47 Å². The van der Waals surface area contributed by atoms with Gasteiger partial charge in [-0.25, -0.2) is 0 Å². The van der Waals surface area contributed by atoms with Crippen LogP contribution in [0.1, 0.15) is 15.9 Å². The Hall–Kier alpha value is -3.62. The number of rotatable bonds is 3. The summed E-state index contributed by atoms with van der Waals surface area (Å²) < 4.78 is 11.4. The first-order valence-corrected chi connectivity index (χ1v) is 9.65. The molecule has 2 aliphatic rings. The predicted molar refractivity (Wildman–Crippen MR) is 107 cm³/mol. The van der Waals surface area contributed by atoms with E-state index in [0.717, 1.165) is 0 Å². The molecule has 4 rings (SSSR count). The molecule has 9 nitrogen and oxygen atoms in total. The van der Waals surface area contributed by atoms with Crippen LogP contribution in [0.25, 0.3) is 0 Å². The van der Waals surface area contributed by atoms with E-state index in [0.29, 0.717) is 43.2 Å². The van der Waals surface area contributed by atoms with Gasteiger partial charge in [0, 0.05) is 43.4 Å². The van der Waals surface area contributed by atoms with Crippen LogP contribution in [0.2, 0.25) is 0 Å². The van der Waals surface area contributed by atoms with Crippen molar-refractivity contribution >= 4 is 17.5 Å². The Morgan fingerprint density at radius 2 is 1.70 bits per heavy atom. The van der Waals surface area contributed by atoms with Crippen LogP contribution in [0, 0.1) is 17.0 Å². The van der Waals surface area contributed by atoms with Crippen molar-refractivity contribution in [1.82, 2.24) is 9.80 Å². The fourth-order valence-electron chi connectivity index (χ4n) is 3.60. The Balaban J connectivity index is 1.37. The van der Waals surface area contributed by atoms with E-state index >= 15 is 0 Å². The smallest absolute Gasteiger partial charge is 0.273 e. The number of fused-ring (bicyclic) bond motifs is 1. The maximum absolute atomic E-state index is 12.8. The summed E-state index contributed by atoms with van der Waals surface area (Å²) in [6, 6.07) is 11.7. The molecule has 2 aliphatic heterocycles. The Morgan fingerprint density at radius 3 is 2.40 bits per heavy atom. The van der Waals surface area contributed by atoms with Gasteiger partial charge in [0.2, 0.25) is 6.10 Å².